The Morgan fingerprint density at radius 1 is 1.42 bits per heavy atom. The number of halogens is 1. The smallest absolute Gasteiger partial charge is 0.298 e. The van der Waals surface area contributed by atoms with Gasteiger partial charge in [-0.3, -0.25) is 4.79 Å². The average molecular weight is 348 g/mol. The molecule has 1 aliphatic carbocycles. The summed E-state index contributed by atoms with van der Waals surface area (Å²) in [5, 5.41) is 3.88. The third kappa shape index (κ3) is 2.97. The maximum atomic E-state index is 12.6. The predicted octanol–water partition coefficient (Wildman–Crippen LogP) is 3.76. The summed E-state index contributed by atoms with van der Waals surface area (Å²) in [6, 6.07) is 6.01. The lowest BCUT2D eigenvalue weighted by Crippen LogP contribution is -2.54. The SMILES string of the molecule is CC1(NC(=O)C2CCCN(c3nc4cc(Cl)ccc4o3)C2)CCC1. The van der Waals surface area contributed by atoms with Crippen molar-refractivity contribution in [2.75, 3.05) is 18.0 Å². The Balaban J connectivity index is 1.48. The van der Waals surface area contributed by atoms with Crippen molar-refractivity contribution in [3.05, 3.63) is 23.2 Å². The van der Waals surface area contributed by atoms with Crippen LogP contribution in [-0.4, -0.2) is 29.5 Å². The molecular weight excluding hydrogens is 326 g/mol. The molecule has 1 saturated carbocycles. The highest BCUT2D eigenvalue weighted by Gasteiger charge is 2.36. The summed E-state index contributed by atoms with van der Waals surface area (Å²) in [6.07, 6.45) is 5.26. The van der Waals surface area contributed by atoms with E-state index in [9.17, 15) is 4.79 Å². The number of piperidine rings is 1. The lowest BCUT2D eigenvalue weighted by molar-refractivity contribution is -0.128. The van der Waals surface area contributed by atoms with E-state index < -0.39 is 0 Å². The van der Waals surface area contributed by atoms with Gasteiger partial charge in [0.25, 0.3) is 6.01 Å². The van der Waals surface area contributed by atoms with E-state index >= 15 is 0 Å². The highest BCUT2D eigenvalue weighted by Crippen LogP contribution is 2.32. The van der Waals surface area contributed by atoms with Crippen molar-refractivity contribution in [3.63, 3.8) is 0 Å². The molecule has 2 aliphatic rings. The summed E-state index contributed by atoms with van der Waals surface area (Å²) in [7, 11) is 0. The minimum absolute atomic E-state index is 0.00484. The minimum Gasteiger partial charge on any atom is -0.423 e. The van der Waals surface area contributed by atoms with Crippen LogP contribution in [0.15, 0.2) is 22.6 Å². The van der Waals surface area contributed by atoms with E-state index in [1.165, 1.54) is 6.42 Å². The molecule has 1 unspecified atom stereocenters. The lowest BCUT2D eigenvalue weighted by Gasteiger charge is -2.41. The normalized spacial score (nSPS) is 23.1. The fraction of sp³-hybridized carbons (Fsp3) is 0.556. The largest absolute Gasteiger partial charge is 0.423 e. The molecule has 1 aromatic heterocycles. The zero-order valence-corrected chi connectivity index (χ0v) is 14.6. The maximum Gasteiger partial charge on any atom is 0.298 e. The van der Waals surface area contributed by atoms with Crippen LogP contribution < -0.4 is 10.2 Å². The highest BCUT2D eigenvalue weighted by molar-refractivity contribution is 6.31. The van der Waals surface area contributed by atoms with Gasteiger partial charge < -0.3 is 14.6 Å². The summed E-state index contributed by atoms with van der Waals surface area (Å²) in [5.41, 5.74) is 1.49. The molecule has 0 bridgehead atoms. The first-order chi connectivity index (χ1) is 11.5. The fourth-order valence-corrected chi connectivity index (χ4v) is 3.79. The van der Waals surface area contributed by atoms with Crippen molar-refractivity contribution in [1.82, 2.24) is 10.3 Å². The Labute approximate surface area is 146 Å². The van der Waals surface area contributed by atoms with Gasteiger partial charge in [-0.25, -0.2) is 0 Å². The van der Waals surface area contributed by atoms with E-state index in [4.69, 9.17) is 16.0 Å². The van der Waals surface area contributed by atoms with Gasteiger partial charge in [-0.15, -0.1) is 0 Å². The van der Waals surface area contributed by atoms with Crippen LogP contribution >= 0.6 is 11.6 Å². The van der Waals surface area contributed by atoms with Gasteiger partial charge in [-0.1, -0.05) is 11.6 Å². The van der Waals surface area contributed by atoms with Gasteiger partial charge in [-0.05, 0) is 57.2 Å². The quantitative estimate of drug-likeness (QED) is 0.918. The molecule has 2 heterocycles. The number of hydrogen-bond donors (Lipinski definition) is 1. The zero-order chi connectivity index (χ0) is 16.7. The number of oxazole rings is 1. The summed E-state index contributed by atoms with van der Waals surface area (Å²) in [5.74, 6) is 0.163. The van der Waals surface area contributed by atoms with Crippen molar-refractivity contribution in [3.8, 4) is 0 Å². The first-order valence-electron chi connectivity index (χ1n) is 8.65. The Bertz CT molecular complexity index is 769. The van der Waals surface area contributed by atoms with Crippen molar-refractivity contribution in [2.45, 2.75) is 44.6 Å². The lowest BCUT2D eigenvalue weighted by atomic mass is 9.78. The van der Waals surface area contributed by atoms with Crippen LogP contribution in [0.1, 0.15) is 39.0 Å². The second-order valence-corrected chi connectivity index (χ2v) is 7.73. The van der Waals surface area contributed by atoms with Crippen molar-refractivity contribution in [2.24, 2.45) is 5.92 Å². The maximum absolute atomic E-state index is 12.6. The summed E-state index contributed by atoms with van der Waals surface area (Å²) < 4.78 is 5.85. The van der Waals surface area contributed by atoms with Gasteiger partial charge >= 0.3 is 0 Å². The molecule has 128 valence electrons. The van der Waals surface area contributed by atoms with Crippen molar-refractivity contribution in [1.29, 1.82) is 0 Å². The van der Waals surface area contributed by atoms with Crippen LogP contribution in [0.25, 0.3) is 11.1 Å². The topological polar surface area (TPSA) is 58.4 Å². The summed E-state index contributed by atoms with van der Waals surface area (Å²) in [6.45, 7) is 3.66. The van der Waals surface area contributed by atoms with Crippen LogP contribution in [0.2, 0.25) is 5.02 Å². The zero-order valence-electron chi connectivity index (χ0n) is 13.8. The standard InChI is InChI=1S/C18H22ClN3O2/c1-18(7-3-8-18)21-16(23)12-4-2-9-22(11-12)17-20-14-10-13(19)5-6-15(14)24-17/h5-6,10,12H,2-4,7-9,11H2,1H3,(H,21,23). The molecule has 1 amide bonds. The molecule has 6 heteroatoms. The van der Waals surface area contributed by atoms with Gasteiger partial charge in [0.1, 0.15) is 5.52 Å². The number of carbonyl (C=O) groups excluding carboxylic acids is 1. The van der Waals surface area contributed by atoms with E-state index in [0.29, 0.717) is 17.6 Å². The Kier molecular flexibility index (Phi) is 3.91. The van der Waals surface area contributed by atoms with Gasteiger partial charge in [0.05, 0.1) is 5.92 Å². The number of rotatable bonds is 3. The van der Waals surface area contributed by atoms with Crippen molar-refractivity contribution < 1.29 is 9.21 Å². The number of hydrogen-bond acceptors (Lipinski definition) is 4. The van der Waals surface area contributed by atoms with Crippen LogP contribution in [0.5, 0.6) is 0 Å². The van der Waals surface area contributed by atoms with Gasteiger partial charge in [0.15, 0.2) is 5.58 Å². The van der Waals surface area contributed by atoms with E-state index in [-0.39, 0.29) is 17.4 Å². The molecule has 5 nitrogen and oxygen atoms in total. The third-order valence-electron chi connectivity index (χ3n) is 5.28. The molecule has 1 aliphatic heterocycles. The number of amides is 1. The molecule has 2 fully saturated rings. The fourth-order valence-electron chi connectivity index (χ4n) is 3.62. The minimum atomic E-state index is -0.00484. The molecule has 2 aromatic rings. The first-order valence-corrected chi connectivity index (χ1v) is 9.03. The number of carbonyl (C=O) groups is 1. The highest BCUT2D eigenvalue weighted by atomic mass is 35.5. The van der Waals surface area contributed by atoms with Crippen LogP contribution in [-0.2, 0) is 4.79 Å². The van der Waals surface area contributed by atoms with Gasteiger partial charge in [0.2, 0.25) is 5.91 Å². The molecule has 1 saturated heterocycles. The molecule has 24 heavy (non-hydrogen) atoms. The van der Waals surface area contributed by atoms with Crippen LogP contribution in [0, 0.1) is 5.92 Å². The van der Waals surface area contributed by atoms with Gasteiger partial charge in [-0.2, -0.15) is 4.98 Å². The Morgan fingerprint density at radius 3 is 3.00 bits per heavy atom. The predicted molar refractivity (Wildman–Crippen MR) is 94.4 cm³/mol. The Morgan fingerprint density at radius 2 is 2.25 bits per heavy atom. The Hall–Kier alpha value is -1.75. The summed E-state index contributed by atoms with van der Waals surface area (Å²) in [4.78, 5) is 19.2. The van der Waals surface area contributed by atoms with E-state index in [0.717, 1.165) is 43.3 Å². The number of benzene rings is 1. The number of nitrogens with zero attached hydrogens (tertiary/aromatic N) is 2. The van der Waals surface area contributed by atoms with E-state index in [2.05, 4.69) is 22.1 Å². The van der Waals surface area contributed by atoms with Crippen molar-refractivity contribution >= 4 is 34.6 Å². The van der Waals surface area contributed by atoms with E-state index in [1.807, 2.05) is 6.07 Å². The number of fused-ring (bicyclic) bond motifs is 1. The molecule has 1 aromatic carbocycles. The van der Waals surface area contributed by atoms with Gasteiger partial charge in [0, 0.05) is 23.7 Å². The first kappa shape index (κ1) is 15.8. The number of aromatic nitrogens is 1. The second kappa shape index (κ2) is 5.96. The third-order valence-corrected chi connectivity index (χ3v) is 5.52. The summed E-state index contributed by atoms with van der Waals surface area (Å²) >= 11 is 6.01. The molecule has 4 rings (SSSR count). The monoisotopic (exact) mass is 347 g/mol. The molecule has 0 radical (unpaired) electrons. The van der Waals surface area contributed by atoms with E-state index in [1.54, 1.807) is 12.1 Å². The molecule has 0 spiro atoms. The molecular formula is C18H22ClN3O2. The number of anilines is 1. The average Bonchev–Trinajstić information content (AvgIpc) is 2.96. The molecule has 1 atom stereocenters. The number of nitrogens with one attached hydrogen (secondary N) is 1. The van der Waals surface area contributed by atoms with Crippen LogP contribution in [0.4, 0.5) is 6.01 Å². The second-order valence-electron chi connectivity index (χ2n) is 7.30. The van der Waals surface area contributed by atoms with Crippen LogP contribution in [0.3, 0.4) is 0 Å². The molecule has 1 N–H and O–H groups in total.